The third kappa shape index (κ3) is 6.40. The SMILES string of the molecule is NNC(=O)C(=O)NC1CCCC(c2ccc(NC(=S)NC3CCCCC3)cc2)C1. The van der Waals surface area contributed by atoms with E-state index < -0.39 is 11.8 Å². The fraction of sp³-hybridized carbons (Fsp3) is 0.571. The van der Waals surface area contributed by atoms with Gasteiger partial charge in [0.15, 0.2) is 5.11 Å². The average Bonchev–Trinajstić information content (AvgIpc) is 2.74. The molecule has 1 aromatic carbocycles. The zero-order chi connectivity index (χ0) is 20.6. The first-order valence-electron chi connectivity index (χ1n) is 10.5. The zero-order valence-electron chi connectivity index (χ0n) is 16.7. The number of hydrogen-bond donors (Lipinski definition) is 5. The molecule has 29 heavy (non-hydrogen) atoms. The number of carbonyl (C=O) groups excluding carboxylic acids is 2. The van der Waals surface area contributed by atoms with Crippen LogP contribution in [-0.4, -0.2) is 29.0 Å². The second-order valence-corrected chi connectivity index (χ2v) is 8.47. The van der Waals surface area contributed by atoms with Crippen LogP contribution in [0.3, 0.4) is 0 Å². The molecule has 6 N–H and O–H groups in total. The van der Waals surface area contributed by atoms with Crippen LogP contribution in [0.25, 0.3) is 0 Å². The Kier molecular flexibility index (Phi) is 7.83. The van der Waals surface area contributed by atoms with Crippen LogP contribution in [0, 0.1) is 0 Å². The Morgan fingerprint density at radius 1 is 0.862 bits per heavy atom. The van der Waals surface area contributed by atoms with Crippen LogP contribution in [-0.2, 0) is 9.59 Å². The Bertz CT molecular complexity index is 718. The molecular formula is C21H31N5O2S. The Balaban J connectivity index is 1.50. The van der Waals surface area contributed by atoms with Crippen molar-refractivity contribution in [2.45, 2.75) is 75.8 Å². The summed E-state index contributed by atoms with van der Waals surface area (Å²) in [6.07, 6.45) is 10.0. The van der Waals surface area contributed by atoms with Crippen LogP contribution in [0.5, 0.6) is 0 Å². The summed E-state index contributed by atoms with van der Waals surface area (Å²) < 4.78 is 0. The molecule has 0 aromatic heterocycles. The molecule has 1 aromatic rings. The standard InChI is InChI=1S/C21H31N5O2S/c22-26-20(28)19(27)23-18-8-4-5-15(13-18)14-9-11-17(12-10-14)25-21(29)24-16-6-2-1-3-7-16/h9-12,15-16,18H,1-8,13,22H2,(H,23,27)(H,26,28)(H2,24,25,29). The molecule has 0 heterocycles. The van der Waals surface area contributed by atoms with Gasteiger partial charge in [0.2, 0.25) is 0 Å². The molecule has 3 rings (SSSR count). The highest BCUT2D eigenvalue weighted by atomic mass is 32.1. The van der Waals surface area contributed by atoms with E-state index in [4.69, 9.17) is 18.1 Å². The lowest BCUT2D eigenvalue weighted by molar-refractivity contribution is -0.139. The highest BCUT2D eigenvalue weighted by molar-refractivity contribution is 7.80. The van der Waals surface area contributed by atoms with Gasteiger partial charge in [-0.25, -0.2) is 5.84 Å². The highest BCUT2D eigenvalue weighted by Crippen LogP contribution is 2.33. The Morgan fingerprint density at radius 2 is 1.55 bits per heavy atom. The van der Waals surface area contributed by atoms with E-state index >= 15 is 0 Å². The molecule has 158 valence electrons. The molecule has 0 bridgehead atoms. The molecule has 0 spiro atoms. The van der Waals surface area contributed by atoms with Gasteiger partial charge in [-0.15, -0.1) is 0 Å². The number of nitrogens with one attached hydrogen (secondary N) is 4. The summed E-state index contributed by atoms with van der Waals surface area (Å²) in [5.41, 5.74) is 4.09. The van der Waals surface area contributed by atoms with Gasteiger partial charge >= 0.3 is 11.8 Å². The first-order chi connectivity index (χ1) is 14.0. The monoisotopic (exact) mass is 417 g/mol. The summed E-state index contributed by atoms with van der Waals surface area (Å²) >= 11 is 5.46. The smallest absolute Gasteiger partial charge is 0.323 e. The summed E-state index contributed by atoms with van der Waals surface area (Å²) in [6.45, 7) is 0. The van der Waals surface area contributed by atoms with Gasteiger partial charge in [0.25, 0.3) is 0 Å². The van der Waals surface area contributed by atoms with Crippen LogP contribution in [0.4, 0.5) is 5.69 Å². The predicted molar refractivity (Wildman–Crippen MR) is 118 cm³/mol. The minimum atomic E-state index is -0.805. The van der Waals surface area contributed by atoms with Crippen LogP contribution >= 0.6 is 12.2 Å². The van der Waals surface area contributed by atoms with E-state index in [9.17, 15) is 9.59 Å². The Labute approximate surface area is 177 Å². The second kappa shape index (κ2) is 10.5. The van der Waals surface area contributed by atoms with E-state index in [-0.39, 0.29) is 6.04 Å². The maximum Gasteiger partial charge on any atom is 0.323 e. The van der Waals surface area contributed by atoms with Crippen molar-refractivity contribution in [2.75, 3.05) is 5.32 Å². The Morgan fingerprint density at radius 3 is 2.24 bits per heavy atom. The number of carbonyl (C=O) groups is 2. The van der Waals surface area contributed by atoms with Crippen molar-refractivity contribution in [1.29, 1.82) is 0 Å². The Hall–Kier alpha value is -2.19. The third-order valence-corrected chi connectivity index (χ3v) is 6.15. The van der Waals surface area contributed by atoms with E-state index in [0.29, 0.717) is 17.1 Å². The summed E-state index contributed by atoms with van der Waals surface area (Å²) in [4.78, 5) is 23.1. The second-order valence-electron chi connectivity index (χ2n) is 8.06. The first kappa shape index (κ1) is 21.5. The highest BCUT2D eigenvalue weighted by Gasteiger charge is 2.26. The molecule has 7 nitrogen and oxygen atoms in total. The minimum absolute atomic E-state index is 0.0105. The van der Waals surface area contributed by atoms with Crippen LogP contribution in [0.1, 0.15) is 69.3 Å². The molecule has 0 aliphatic heterocycles. The predicted octanol–water partition coefficient (Wildman–Crippen LogP) is 2.44. The third-order valence-electron chi connectivity index (χ3n) is 5.93. The quantitative estimate of drug-likeness (QED) is 0.169. The normalized spacial score (nSPS) is 22.4. The minimum Gasteiger partial charge on any atom is -0.360 e. The van der Waals surface area contributed by atoms with Gasteiger partial charge in [-0.2, -0.15) is 0 Å². The fourth-order valence-electron chi connectivity index (χ4n) is 4.38. The number of anilines is 1. The fourth-order valence-corrected chi connectivity index (χ4v) is 4.66. The lowest BCUT2D eigenvalue weighted by Gasteiger charge is -2.30. The van der Waals surface area contributed by atoms with Crippen LogP contribution in [0.2, 0.25) is 0 Å². The van der Waals surface area contributed by atoms with Crippen LogP contribution in [0.15, 0.2) is 24.3 Å². The summed E-state index contributed by atoms with van der Waals surface area (Å²) in [5.74, 6) is 3.90. The topological polar surface area (TPSA) is 108 Å². The van der Waals surface area contributed by atoms with Gasteiger partial charge in [-0.05, 0) is 67.9 Å². The van der Waals surface area contributed by atoms with Crippen molar-refractivity contribution >= 4 is 34.8 Å². The van der Waals surface area contributed by atoms with Gasteiger partial charge in [-0.1, -0.05) is 37.8 Å². The van der Waals surface area contributed by atoms with Crippen molar-refractivity contribution in [3.8, 4) is 0 Å². The molecule has 8 heteroatoms. The maximum atomic E-state index is 11.7. The molecule has 0 saturated heterocycles. The molecule has 0 radical (unpaired) electrons. The number of rotatable bonds is 4. The average molecular weight is 418 g/mol. The number of thiocarbonyl (C=S) groups is 1. The first-order valence-corrected chi connectivity index (χ1v) is 10.9. The molecule has 2 saturated carbocycles. The maximum absolute atomic E-state index is 11.7. The van der Waals surface area contributed by atoms with Gasteiger partial charge in [-0.3, -0.25) is 15.0 Å². The van der Waals surface area contributed by atoms with Crippen molar-refractivity contribution in [3.63, 3.8) is 0 Å². The molecular weight excluding hydrogens is 386 g/mol. The van der Waals surface area contributed by atoms with Crippen molar-refractivity contribution < 1.29 is 9.59 Å². The number of benzene rings is 1. The van der Waals surface area contributed by atoms with E-state index in [2.05, 4.69) is 28.1 Å². The molecule has 2 fully saturated rings. The molecule has 2 unspecified atom stereocenters. The number of hydrazine groups is 1. The molecule has 2 aliphatic rings. The zero-order valence-corrected chi connectivity index (χ0v) is 17.5. The number of amides is 2. The van der Waals surface area contributed by atoms with Gasteiger partial charge in [0, 0.05) is 17.8 Å². The lowest BCUT2D eigenvalue weighted by Crippen LogP contribution is -2.47. The number of hydrogen-bond acceptors (Lipinski definition) is 4. The molecule has 2 aliphatic carbocycles. The summed E-state index contributed by atoms with van der Waals surface area (Å²) in [5, 5.41) is 10.2. The number of nitrogens with two attached hydrogens (primary N) is 1. The van der Waals surface area contributed by atoms with E-state index in [1.807, 2.05) is 17.6 Å². The summed E-state index contributed by atoms with van der Waals surface area (Å²) in [7, 11) is 0. The largest absolute Gasteiger partial charge is 0.360 e. The summed E-state index contributed by atoms with van der Waals surface area (Å²) in [6, 6.07) is 8.81. The van der Waals surface area contributed by atoms with E-state index in [1.165, 1.54) is 37.7 Å². The van der Waals surface area contributed by atoms with Crippen molar-refractivity contribution in [2.24, 2.45) is 5.84 Å². The van der Waals surface area contributed by atoms with Crippen LogP contribution < -0.4 is 27.2 Å². The van der Waals surface area contributed by atoms with Gasteiger partial charge in [0.1, 0.15) is 0 Å². The van der Waals surface area contributed by atoms with Crippen molar-refractivity contribution in [3.05, 3.63) is 29.8 Å². The van der Waals surface area contributed by atoms with Gasteiger partial charge < -0.3 is 16.0 Å². The molecule has 2 atom stereocenters. The van der Waals surface area contributed by atoms with E-state index in [1.54, 1.807) is 0 Å². The molecule has 2 amide bonds. The van der Waals surface area contributed by atoms with E-state index in [0.717, 1.165) is 31.4 Å². The van der Waals surface area contributed by atoms with Gasteiger partial charge in [0.05, 0.1) is 0 Å². The van der Waals surface area contributed by atoms with Crippen molar-refractivity contribution in [1.82, 2.24) is 16.1 Å². The lowest BCUT2D eigenvalue weighted by atomic mass is 9.81.